The molecule has 2 aromatic rings. The van der Waals surface area contributed by atoms with Gasteiger partial charge in [-0.05, 0) is 29.8 Å². The van der Waals surface area contributed by atoms with Crippen molar-refractivity contribution in [1.29, 1.82) is 0 Å². The number of hydrogen-bond donors (Lipinski definition) is 5. The van der Waals surface area contributed by atoms with Crippen molar-refractivity contribution in [2.75, 3.05) is 0 Å². The summed E-state index contributed by atoms with van der Waals surface area (Å²) in [6, 6.07) is 8.21. The maximum atomic E-state index is 10.2. The number of phenolic OH excluding ortho intramolecular Hbond substituents is 3. The average molecular weight is 290 g/mol. The van der Waals surface area contributed by atoms with E-state index in [4.69, 9.17) is 4.74 Å². The first-order chi connectivity index (χ1) is 9.97. The fraction of sp³-hybridized carbons (Fsp3) is 0.200. The third kappa shape index (κ3) is 2.24. The molecule has 21 heavy (non-hydrogen) atoms. The fourth-order valence-electron chi connectivity index (χ4n) is 2.41. The maximum Gasteiger partial charge on any atom is 0.157 e. The zero-order chi connectivity index (χ0) is 15.1. The molecule has 3 rings (SSSR count). The summed E-state index contributed by atoms with van der Waals surface area (Å²) in [5.41, 5.74) is 0.769. The van der Waals surface area contributed by atoms with Gasteiger partial charge in [0.05, 0.1) is 0 Å². The highest BCUT2D eigenvalue weighted by Gasteiger charge is 2.37. The van der Waals surface area contributed by atoms with Crippen molar-refractivity contribution >= 4 is 0 Å². The Morgan fingerprint density at radius 3 is 2.33 bits per heavy atom. The van der Waals surface area contributed by atoms with Crippen LogP contribution in [0, 0.1) is 0 Å². The van der Waals surface area contributed by atoms with E-state index in [1.807, 2.05) is 0 Å². The minimum atomic E-state index is -1.24. The first-order valence-corrected chi connectivity index (χ1v) is 6.35. The smallest absolute Gasteiger partial charge is 0.157 e. The second kappa shape index (κ2) is 4.83. The Morgan fingerprint density at radius 1 is 0.857 bits per heavy atom. The highest BCUT2D eigenvalue weighted by Crippen LogP contribution is 2.43. The number of benzene rings is 2. The largest absolute Gasteiger partial charge is 0.508 e. The number of rotatable bonds is 1. The standard InChI is InChI=1S/C15H14O6/c16-8-2-3-9-12(6-8)21-15(14(20)13(9)19)7-1-4-10(17)11(18)5-7/h1-6,13-20H/t13-,14-,15-/m1/s1. The molecule has 6 heteroatoms. The van der Waals surface area contributed by atoms with Crippen LogP contribution in [0.25, 0.3) is 0 Å². The summed E-state index contributed by atoms with van der Waals surface area (Å²) < 4.78 is 5.61. The normalized spacial score (nSPS) is 24.2. The zero-order valence-electron chi connectivity index (χ0n) is 10.8. The molecule has 0 saturated carbocycles. The van der Waals surface area contributed by atoms with Gasteiger partial charge in [-0.1, -0.05) is 6.07 Å². The third-order valence-corrected chi connectivity index (χ3v) is 3.53. The lowest BCUT2D eigenvalue weighted by Gasteiger charge is -2.34. The Balaban J connectivity index is 2.02. The molecule has 0 aliphatic carbocycles. The number of aliphatic hydroxyl groups excluding tert-OH is 2. The molecule has 0 spiro atoms. The van der Waals surface area contributed by atoms with Crippen LogP contribution in [0.3, 0.4) is 0 Å². The molecule has 5 N–H and O–H groups in total. The maximum absolute atomic E-state index is 10.2. The van der Waals surface area contributed by atoms with Gasteiger partial charge < -0.3 is 30.3 Å². The molecule has 110 valence electrons. The topological polar surface area (TPSA) is 110 Å². The second-order valence-corrected chi connectivity index (χ2v) is 4.94. The van der Waals surface area contributed by atoms with E-state index in [9.17, 15) is 25.5 Å². The lowest BCUT2D eigenvalue weighted by molar-refractivity contribution is -0.0701. The number of aliphatic hydroxyl groups is 2. The monoisotopic (exact) mass is 290 g/mol. The number of fused-ring (bicyclic) bond motifs is 1. The highest BCUT2D eigenvalue weighted by atomic mass is 16.5. The molecule has 0 radical (unpaired) electrons. The molecule has 3 atom stereocenters. The van der Waals surface area contributed by atoms with Crippen LogP contribution in [0.1, 0.15) is 23.3 Å². The summed E-state index contributed by atoms with van der Waals surface area (Å²) >= 11 is 0. The first kappa shape index (κ1) is 13.5. The highest BCUT2D eigenvalue weighted by molar-refractivity contribution is 5.46. The quantitative estimate of drug-likeness (QED) is 0.507. The number of ether oxygens (including phenoxy) is 1. The van der Waals surface area contributed by atoms with Gasteiger partial charge in [-0.15, -0.1) is 0 Å². The van der Waals surface area contributed by atoms with E-state index in [0.29, 0.717) is 11.1 Å². The van der Waals surface area contributed by atoms with E-state index >= 15 is 0 Å². The van der Waals surface area contributed by atoms with Crippen molar-refractivity contribution < 1.29 is 30.3 Å². The minimum absolute atomic E-state index is 0.0235. The fourth-order valence-corrected chi connectivity index (χ4v) is 2.41. The SMILES string of the molecule is Oc1ccc2c(c1)O[C@H](c1ccc(O)c(O)c1)[C@H](O)[C@@H]2O. The van der Waals surface area contributed by atoms with Crippen LogP contribution >= 0.6 is 0 Å². The number of phenols is 3. The number of aromatic hydroxyl groups is 3. The van der Waals surface area contributed by atoms with Gasteiger partial charge in [0, 0.05) is 11.6 Å². The van der Waals surface area contributed by atoms with E-state index in [1.165, 1.54) is 36.4 Å². The van der Waals surface area contributed by atoms with Crippen LogP contribution in [0.4, 0.5) is 0 Å². The Labute approximate surface area is 120 Å². The third-order valence-electron chi connectivity index (χ3n) is 3.53. The molecule has 1 heterocycles. The van der Waals surface area contributed by atoms with Crippen LogP contribution in [0.5, 0.6) is 23.0 Å². The average Bonchev–Trinajstić information content (AvgIpc) is 2.45. The molecule has 6 nitrogen and oxygen atoms in total. The molecule has 1 aliphatic rings. The van der Waals surface area contributed by atoms with Gasteiger partial charge in [-0.2, -0.15) is 0 Å². The summed E-state index contributed by atoms with van der Waals surface area (Å²) in [5, 5.41) is 48.7. The van der Waals surface area contributed by atoms with Gasteiger partial charge in [0.15, 0.2) is 17.6 Å². The van der Waals surface area contributed by atoms with Gasteiger partial charge in [0.25, 0.3) is 0 Å². The predicted octanol–water partition coefficient (Wildman–Crippen LogP) is 1.33. The summed E-state index contributed by atoms with van der Waals surface area (Å²) in [4.78, 5) is 0. The Morgan fingerprint density at radius 2 is 1.62 bits per heavy atom. The van der Waals surface area contributed by atoms with Gasteiger partial charge in [0.1, 0.15) is 23.7 Å². The van der Waals surface area contributed by atoms with Gasteiger partial charge >= 0.3 is 0 Å². The second-order valence-electron chi connectivity index (χ2n) is 4.94. The lowest BCUT2D eigenvalue weighted by Crippen LogP contribution is -2.34. The predicted molar refractivity (Wildman–Crippen MR) is 72.2 cm³/mol. The molecule has 0 fully saturated rings. The summed E-state index contributed by atoms with van der Waals surface area (Å²) in [7, 11) is 0. The summed E-state index contributed by atoms with van der Waals surface area (Å²) in [6.45, 7) is 0. The first-order valence-electron chi connectivity index (χ1n) is 6.35. The van der Waals surface area contributed by atoms with E-state index in [1.54, 1.807) is 0 Å². The van der Waals surface area contributed by atoms with Crippen molar-refractivity contribution in [1.82, 2.24) is 0 Å². The minimum Gasteiger partial charge on any atom is -0.508 e. The van der Waals surface area contributed by atoms with Crippen LogP contribution in [0.15, 0.2) is 36.4 Å². The molecule has 0 amide bonds. The van der Waals surface area contributed by atoms with Crippen molar-refractivity contribution in [2.45, 2.75) is 18.3 Å². The molecular weight excluding hydrogens is 276 g/mol. The van der Waals surface area contributed by atoms with Crippen LogP contribution in [-0.2, 0) is 0 Å². The van der Waals surface area contributed by atoms with E-state index < -0.39 is 18.3 Å². The molecule has 0 unspecified atom stereocenters. The molecule has 0 saturated heterocycles. The van der Waals surface area contributed by atoms with Gasteiger partial charge in [-0.3, -0.25) is 0 Å². The van der Waals surface area contributed by atoms with E-state index in [0.717, 1.165) is 0 Å². The Hall–Kier alpha value is -2.44. The summed E-state index contributed by atoms with van der Waals surface area (Å²) in [6.07, 6.45) is -3.36. The van der Waals surface area contributed by atoms with E-state index in [2.05, 4.69) is 0 Å². The van der Waals surface area contributed by atoms with Crippen molar-refractivity contribution in [3.05, 3.63) is 47.5 Å². The van der Waals surface area contributed by atoms with Crippen LogP contribution in [-0.4, -0.2) is 31.6 Å². The molecule has 2 aromatic carbocycles. The number of hydrogen-bond acceptors (Lipinski definition) is 6. The molecule has 0 bridgehead atoms. The van der Waals surface area contributed by atoms with Crippen LogP contribution in [0.2, 0.25) is 0 Å². The molecular formula is C15H14O6. The molecule has 0 aromatic heterocycles. The van der Waals surface area contributed by atoms with E-state index in [-0.39, 0.29) is 23.0 Å². The lowest BCUT2D eigenvalue weighted by atomic mass is 9.92. The summed E-state index contributed by atoms with van der Waals surface area (Å²) in [5.74, 6) is -0.405. The Bertz CT molecular complexity index is 684. The Kier molecular flexibility index (Phi) is 3.12. The van der Waals surface area contributed by atoms with Crippen molar-refractivity contribution in [2.24, 2.45) is 0 Å². The van der Waals surface area contributed by atoms with Gasteiger partial charge in [0.2, 0.25) is 0 Å². The zero-order valence-corrected chi connectivity index (χ0v) is 10.8. The van der Waals surface area contributed by atoms with Crippen LogP contribution < -0.4 is 4.74 Å². The van der Waals surface area contributed by atoms with Crippen molar-refractivity contribution in [3.63, 3.8) is 0 Å². The van der Waals surface area contributed by atoms with Crippen molar-refractivity contribution in [3.8, 4) is 23.0 Å². The molecule has 1 aliphatic heterocycles. The van der Waals surface area contributed by atoms with Gasteiger partial charge in [-0.25, -0.2) is 0 Å².